The molecule has 4 nitrogen and oxygen atoms in total. The Morgan fingerprint density at radius 1 is 1.50 bits per heavy atom. The summed E-state index contributed by atoms with van der Waals surface area (Å²) in [7, 11) is 1.74. The predicted octanol–water partition coefficient (Wildman–Crippen LogP) is 0.496. The molecule has 2 aliphatic rings. The topological polar surface area (TPSA) is 41.9 Å². The lowest BCUT2D eigenvalue weighted by Crippen LogP contribution is -2.43. The maximum atomic E-state index is 9.56. The summed E-state index contributed by atoms with van der Waals surface area (Å²) in [5, 5.41) is 9.56. The monoisotopic (exact) mass is 229 g/mol. The van der Waals surface area contributed by atoms with Crippen LogP contribution in [0.15, 0.2) is 0 Å². The number of aliphatic hydroxyl groups is 1. The van der Waals surface area contributed by atoms with Gasteiger partial charge >= 0.3 is 0 Å². The molecule has 0 aromatic heterocycles. The molecule has 94 valence electrons. The van der Waals surface area contributed by atoms with Crippen molar-refractivity contribution >= 4 is 0 Å². The lowest BCUT2D eigenvalue weighted by atomic mass is 9.87. The molecule has 0 spiro atoms. The molecule has 1 saturated carbocycles. The second-order valence-electron chi connectivity index (χ2n) is 5.16. The Kier molecular flexibility index (Phi) is 4.19. The molecular formula is C12H23NO3. The van der Waals surface area contributed by atoms with Gasteiger partial charge in [-0.2, -0.15) is 0 Å². The highest BCUT2D eigenvalue weighted by Crippen LogP contribution is 2.34. The summed E-state index contributed by atoms with van der Waals surface area (Å²) in [6.45, 7) is 4.45. The summed E-state index contributed by atoms with van der Waals surface area (Å²) >= 11 is 0. The first-order chi connectivity index (χ1) is 7.79. The molecule has 1 saturated heterocycles. The van der Waals surface area contributed by atoms with E-state index < -0.39 is 0 Å². The minimum atomic E-state index is -0.0175. The molecule has 1 unspecified atom stereocenters. The number of methoxy groups -OCH3 is 1. The van der Waals surface area contributed by atoms with Crippen LogP contribution in [0.4, 0.5) is 0 Å². The van der Waals surface area contributed by atoms with Crippen LogP contribution >= 0.6 is 0 Å². The van der Waals surface area contributed by atoms with E-state index in [0.29, 0.717) is 6.61 Å². The third-order valence-corrected chi connectivity index (χ3v) is 3.70. The van der Waals surface area contributed by atoms with E-state index in [1.54, 1.807) is 7.11 Å². The first kappa shape index (κ1) is 12.3. The fourth-order valence-corrected chi connectivity index (χ4v) is 2.42. The Hall–Kier alpha value is -0.160. The normalized spacial score (nSPS) is 30.2. The summed E-state index contributed by atoms with van der Waals surface area (Å²) in [4.78, 5) is 2.47. The summed E-state index contributed by atoms with van der Waals surface area (Å²) in [6.07, 6.45) is 3.58. The third kappa shape index (κ3) is 2.94. The van der Waals surface area contributed by atoms with E-state index in [4.69, 9.17) is 9.47 Å². The number of rotatable bonds is 7. The Labute approximate surface area is 97.5 Å². The molecule has 1 heterocycles. The van der Waals surface area contributed by atoms with Crippen molar-refractivity contribution < 1.29 is 14.6 Å². The summed E-state index contributed by atoms with van der Waals surface area (Å²) < 4.78 is 10.6. The standard InChI is InChI=1S/C12H23NO3/c1-15-7-5-13(11-2-3-11)8-12(9-14)4-6-16-10-12/h11,14H,2-10H2,1H3. The van der Waals surface area contributed by atoms with Crippen molar-refractivity contribution in [2.75, 3.05) is 46.6 Å². The van der Waals surface area contributed by atoms with Crippen molar-refractivity contribution in [3.05, 3.63) is 0 Å². The van der Waals surface area contributed by atoms with Crippen LogP contribution in [0.25, 0.3) is 0 Å². The minimum Gasteiger partial charge on any atom is -0.396 e. The molecule has 0 bridgehead atoms. The Bertz CT molecular complexity index is 212. The van der Waals surface area contributed by atoms with Gasteiger partial charge in [-0.1, -0.05) is 0 Å². The second kappa shape index (κ2) is 5.45. The van der Waals surface area contributed by atoms with Crippen molar-refractivity contribution in [3.8, 4) is 0 Å². The number of aliphatic hydroxyl groups excluding tert-OH is 1. The van der Waals surface area contributed by atoms with Gasteiger partial charge in [0.2, 0.25) is 0 Å². The highest BCUT2D eigenvalue weighted by atomic mass is 16.5. The highest BCUT2D eigenvalue weighted by Gasteiger charge is 2.39. The molecule has 2 rings (SSSR count). The zero-order valence-electron chi connectivity index (χ0n) is 10.2. The largest absolute Gasteiger partial charge is 0.396 e. The Balaban J connectivity index is 1.87. The van der Waals surface area contributed by atoms with Crippen LogP contribution in [0.3, 0.4) is 0 Å². The van der Waals surface area contributed by atoms with Gasteiger partial charge in [-0.15, -0.1) is 0 Å². The molecule has 0 amide bonds. The van der Waals surface area contributed by atoms with Gasteiger partial charge < -0.3 is 14.6 Å². The lowest BCUT2D eigenvalue weighted by molar-refractivity contribution is 0.0437. The first-order valence-corrected chi connectivity index (χ1v) is 6.21. The van der Waals surface area contributed by atoms with Crippen molar-refractivity contribution in [2.45, 2.75) is 25.3 Å². The van der Waals surface area contributed by atoms with Crippen LogP contribution in [0.1, 0.15) is 19.3 Å². The summed E-state index contributed by atoms with van der Waals surface area (Å²) in [5.74, 6) is 0. The fraction of sp³-hybridized carbons (Fsp3) is 1.00. The van der Waals surface area contributed by atoms with Gasteiger partial charge in [0, 0.05) is 38.3 Å². The van der Waals surface area contributed by atoms with Crippen LogP contribution < -0.4 is 0 Å². The van der Waals surface area contributed by atoms with E-state index in [0.717, 1.165) is 38.8 Å². The van der Waals surface area contributed by atoms with Crippen LogP contribution in [0.5, 0.6) is 0 Å². The molecular weight excluding hydrogens is 206 g/mol. The first-order valence-electron chi connectivity index (χ1n) is 6.21. The van der Waals surface area contributed by atoms with Crippen LogP contribution in [0.2, 0.25) is 0 Å². The number of ether oxygens (including phenoxy) is 2. The van der Waals surface area contributed by atoms with E-state index >= 15 is 0 Å². The van der Waals surface area contributed by atoms with Gasteiger partial charge in [0.25, 0.3) is 0 Å². The Morgan fingerprint density at radius 3 is 2.81 bits per heavy atom. The summed E-state index contributed by atoms with van der Waals surface area (Å²) in [5.41, 5.74) is -0.0175. The molecule has 4 heteroatoms. The smallest absolute Gasteiger partial charge is 0.0589 e. The predicted molar refractivity (Wildman–Crippen MR) is 61.4 cm³/mol. The quantitative estimate of drug-likeness (QED) is 0.690. The number of nitrogens with zero attached hydrogens (tertiary/aromatic N) is 1. The molecule has 0 radical (unpaired) electrons. The zero-order chi connectivity index (χ0) is 11.4. The van der Waals surface area contributed by atoms with Crippen molar-refractivity contribution in [1.29, 1.82) is 0 Å². The van der Waals surface area contributed by atoms with E-state index in [1.165, 1.54) is 12.8 Å². The molecule has 1 aliphatic carbocycles. The highest BCUT2D eigenvalue weighted by molar-refractivity contribution is 4.92. The van der Waals surface area contributed by atoms with Crippen molar-refractivity contribution in [2.24, 2.45) is 5.41 Å². The summed E-state index contributed by atoms with van der Waals surface area (Å²) in [6, 6.07) is 0.721. The van der Waals surface area contributed by atoms with E-state index in [9.17, 15) is 5.11 Å². The van der Waals surface area contributed by atoms with E-state index in [2.05, 4.69) is 4.90 Å². The fourth-order valence-electron chi connectivity index (χ4n) is 2.42. The van der Waals surface area contributed by atoms with Crippen LogP contribution in [0, 0.1) is 5.41 Å². The van der Waals surface area contributed by atoms with Gasteiger partial charge in [0.1, 0.15) is 0 Å². The van der Waals surface area contributed by atoms with Crippen molar-refractivity contribution in [1.82, 2.24) is 4.90 Å². The maximum Gasteiger partial charge on any atom is 0.0589 e. The van der Waals surface area contributed by atoms with Crippen molar-refractivity contribution in [3.63, 3.8) is 0 Å². The average Bonchev–Trinajstić information content (AvgIpc) is 3.05. The molecule has 2 fully saturated rings. The molecule has 1 atom stereocenters. The van der Waals surface area contributed by atoms with Gasteiger partial charge in [-0.25, -0.2) is 0 Å². The second-order valence-corrected chi connectivity index (χ2v) is 5.16. The Morgan fingerprint density at radius 2 is 2.31 bits per heavy atom. The van der Waals surface area contributed by atoms with Gasteiger partial charge in [-0.3, -0.25) is 4.90 Å². The lowest BCUT2D eigenvalue weighted by Gasteiger charge is -2.32. The van der Waals surface area contributed by atoms with Gasteiger partial charge in [0.15, 0.2) is 0 Å². The number of hydrogen-bond donors (Lipinski definition) is 1. The SMILES string of the molecule is COCCN(CC1(CO)CCOC1)C1CC1. The molecule has 0 aromatic rings. The van der Waals surface area contributed by atoms with E-state index in [-0.39, 0.29) is 12.0 Å². The van der Waals surface area contributed by atoms with Gasteiger partial charge in [-0.05, 0) is 19.3 Å². The number of hydrogen-bond acceptors (Lipinski definition) is 4. The van der Waals surface area contributed by atoms with Crippen LogP contribution in [-0.4, -0.2) is 62.7 Å². The zero-order valence-corrected chi connectivity index (χ0v) is 10.2. The average molecular weight is 229 g/mol. The molecule has 1 N–H and O–H groups in total. The van der Waals surface area contributed by atoms with Gasteiger partial charge in [0.05, 0.1) is 19.8 Å². The van der Waals surface area contributed by atoms with E-state index in [1.807, 2.05) is 0 Å². The molecule has 16 heavy (non-hydrogen) atoms. The molecule has 1 aliphatic heterocycles. The molecule has 0 aromatic carbocycles. The van der Waals surface area contributed by atoms with Crippen LogP contribution in [-0.2, 0) is 9.47 Å². The third-order valence-electron chi connectivity index (χ3n) is 3.70. The minimum absolute atomic E-state index is 0.0175. The maximum absolute atomic E-state index is 9.56.